The van der Waals surface area contributed by atoms with Gasteiger partial charge in [0.2, 0.25) is 0 Å². The molecule has 0 aromatic carbocycles. The van der Waals surface area contributed by atoms with Crippen LogP contribution in [0.2, 0.25) is 0 Å². The van der Waals surface area contributed by atoms with Gasteiger partial charge in [-0.25, -0.2) is 0 Å². The van der Waals surface area contributed by atoms with E-state index in [1.165, 1.54) is 51.4 Å². The van der Waals surface area contributed by atoms with Crippen LogP contribution in [0.1, 0.15) is 65.2 Å². The molecule has 17 heavy (non-hydrogen) atoms. The van der Waals surface area contributed by atoms with Crippen molar-refractivity contribution in [2.45, 2.75) is 77.4 Å². The van der Waals surface area contributed by atoms with Gasteiger partial charge in [-0.05, 0) is 25.8 Å². The molecule has 0 aliphatic carbocycles. The van der Waals surface area contributed by atoms with E-state index in [0.29, 0.717) is 12.1 Å². The van der Waals surface area contributed by atoms with E-state index in [9.17, 15) is 0 Å². The zero-order chi connectivity index (χ0) is 12.5. The lowest BCUT2D eigenvalue weighted by Gasteiger charge is -2.25. The predicted octanol–water partition coefficient (Wildman–Crippen LogP) is 3.75. The van der Waals surface area contributed by atoms with Crippen molar-refractivity contribution in [2.24, 2.45) is 5.92 Å². The van der Waals surface area contributed by atoms with Crippen LogP contribution in [0.25, 0.3) is 0 Å². The molecule has 3 atom stereocenters. The molecule has 3 unspecified atom stereocenters. The summed E-state index contributed by atoms with van der Waals surface area (Å²) in [6.07, 6.45) is 11.3. The maximum atomic E-state index is 5.85. The average molecular weight is 241 g/mol. The number of unbranched alkanes of at least 4 members (excludes halogenated alkanes) is 5. The Labute approximate surface area is 108 Å². The van der Waals surface area contributed by atoms with Gasteiger partial charge in [0.25, 0.3) is 0 Å². The number of hydrogen-bond donors (Lipinski definition) is 1. The molecule has 1 aliphatic heterocycles. The second-order valence-corrected chi connectivity index (χ2v) is 5.55. The molecule has 0 radical (unpaired) electrons. The molecule has 1 saturated heterocycles. The minimum Gasteiger partial charge on any atom is -0.376 e. The molecule has 102 valence electrons. The highest BCUT2D eigenvalue weighted by Crippen LogP contribution is 2.25. The third-order valence-corrected chi connectivity index (χ3v) is 4.08. The first-order chi connectivity index (χ1) is 8.29. The van der Waals surface area contributed by atoms with E-state index < -0.39 is 0 Å². The zero-order valence-electron chi connectivity index (χ0n) is 12.0. The largest absolute Gasteiger partial charge is 0.376 e. The summed E-state index contributed by atoms with van der Waals surface area (Å²) < 4.78 is 5.85. The van der Waals surface area contributed by atoms with Crippen molar-refractivity contribution >= 4 is 0 Å². The van der Waals surface area contributed by atoms with Crippen LogP contribution in [0.15, 0.2) is 0 Å². The van der Waals surface area contributed by atoms with E-state index in [-0.39, 0.29) is 0 Å². The highest BCUT2D eigenvalue weighted by atomic mass is 16.5. The highest BCUT2D eigenvalue weighted by Gasteiger charge is 2.30. The first kappa shape index (κ1) is 15.0. The number of ether oxygens (including phenoxy) is 1. The van der Waals surface area contributed by atoms with Crippen LogP contribution in [0.5, 0.6) is 0 Å². The van der Waals surface area contributed by atoms with Gasteiger partial charge < -0.3 is 10.1 Å². The number of nitrogens with one attached hydrogen (secondary N) is 1. The summed E-state index contributed by atoms with van der Waals surface area (Å²) >= 11 is 0. The Balaban J connectivity index is 2.10. The Kier molecular flexibility index (Phi) is 7.87. The maximum Gasteiger partial charge on any atom is 0.0754 e. The van der Waals surface area contributed by atoms with Crippen molar-refractivity contribution in [2.75, 3.05) is 13.7 Å². The molecule has 0 aromatic rings. The van der Waals surface area contributed by atoms with Gasteiger partial charge in [0, 0.05) is 12.6 Å². The second-order valence-electron chi connectivity index (χ2n) is 5.55. The van der Waals surface area contributed by atoms with Crippen LogP contribution >= 0.6 is 0 Å². The normalized spacial score (nSPS) is 26.3. The molecule has 1 fully saturated rings. The third kappa shape index (κ3) is 5.39. The summed E-state index contributed by atoms with van der Waals surface area (Å²) in [4.78, 5) is 0. The molecule has 2 nitrogen and oxygen atoms in total. The van der Waals surface area contributed by atoms with Crippen LogP contribution in [0, 0.1) is 5.92 Å². The maximum absolute atomic E-state index is 5.85. The highest BCUT2D eigenvalue weighted by molar-refractivity contribution is 4.83. The SMILES string of the molecule is CCCCCCCCC(NC)C1OCCC1C. The summed E-state index contributed by atoms with van der Waals surface area (Å²) in [7, 11) is 2.08. The van der Waals surface area contributed by atoms with Gasteiger partial charge in [-0.3, -0.25) is 0 Å². The molecule has 2 heteroatoms. The molecule has 1 aliphatic rings. The van der Waals surface area contributed by atoms with E-state index in [1.54, 1.807) is 0 Å². The van der Waals surface area contributed by atoms with Gasteiger partial charge in [0.15, 0.2) is 0 Å². The minimum absolute atomic E-state index is 0.454. The lowest BCUT2D eigenvalue weighted by Crippen LogP contribution is -2.40. The number of likely N-dealkylation sites (N-methyl/N-ethyl adjacent to an activating group) is 1. The van der Waals surface area contributed by atoms with Gasteiger partial charge in [0.1, 0.15) is 0 Å². The molecule has 0 saturated carbocycles. The van der Waals surface area contributed by atoms with Crippen LogP contribution in [-0.4, -0.2) is 25.8 Å². The second kappa shape index (κ2) is 8.93. The fraction of sp³-hybridized carbons (Fsp3) is 1.00. The van der Waals surface area contributed by atoms with Crippen molar-refractivity contribution in [3.63, 3.8) is 0 Å². The molecular weight excluding hydrogens is 210 g/mol. The molecule has 0 aromatic heterocycles. The summed E-state index contributed by atoms with van der Waals surface area (Å²) in [6.45, 7) is 5.56. The smallest absolute Gasteiger partial charge is 0.0754 e. The van der Waals surface area contributed by atoms with E-state index in [4.69, 9.17) is 4.74 Å². The molecule has 0 spiro atoms. The topological polar surface area (TPSA) is 21.3 Å². The van der Waals surface area contributed by atoms with Gasteiger partial charge >= 0.3 is 0 Å². The Morgan fingerprint density at radius 3 is 2.47 bits per heavy atom. The molecule has 0 bridgehead atoms. The standard InChI is InChI=1S/C15H31NO/c1-4-5-6-7-8-9-10-14(16-3)15-13(2)11-12-17-15/h13-16H,4-12H2,1-3H3. The number of hydrogen-bond acceptors (Lipinski definition) is 2. The Hall–Kier alpha value is -0.0800. The minimum atomic E-state index is 0.454. The van der Waals surface area contributed by atoms with Gasteiger partial charge in [-0.15, -0.1) is 0 Å². The van der Waals surface area contributed by atoms with Gasteiger partial charge in [-0.2, -0.15) is 0 Å². The van der Waals surface area contributed by atoms with Crippen molar-refractivity contribution in [3.8, 4) is 0 Å². The lowest BCUT2D eigenvalue weighted by molar-refractivity contribution is 0.0598. The number of rotatable bonds is 9. The first-order valence-electron chi connectivity index (χ1n) is 7.58. The monoisotopic (exact) mass is 241 g/mol. The summed E-state index contributed by atoms with van der Waals surface area (Å²) in [5.41, 5.74) is 0. The van der Waals surface area contributed by atoms with Crippen LogP contribution in [-0.2, 0) is 4.74 Å². The molecule has 1 rings (SSSR count). The average Bonchev–Trinajstić information content (AvgIpc) is 2.75. The van der Waals surface area contributed by atoms with E-state index in [1.807, 2.05) is 0 Å². The quantitative estimate of drug-likeness (QED) is 0.621. The molecule has 1 heterocycles. The van der Waals surface area contributed by atoms with Crippen molar-refractivity contribution in [1.29, 1.82) is 0 Å². The van der Waals surface area contributed by atoms with E-state index in [2.05, 4.69) is 26.2 Å². The fourth-order valence-corrected chi connectivity index (χ4v) is 2.85. The fourth-order valence-electron chi connectivity index (χ4n) is 2.85. The van der Waals surface area contributed by atoms with E-state index >= 15 is 0 Å². The summed E-state index contributed by atoms with van der Waals surface area (Å²) in [5, 5.41) is 3.45. The Morgan fingerprint density at radius 1 is 1.18 bits per heavy atom. The van der Waals surface area contributed by atoms with Gasteiger partial charge in [-0.1, -0.05) is 52.4 Å². The first-order valence-corrected chi connectivity index (χ1v) is 7.58. The van der Waals surface area contributed by atoms with Crippen molar-refractivity contribution in [3.05, 3.63) is 0 Å². The molecule has 0 amide bonds. The van der Waals surface area contributed by atoms with Crippen LogP contribution in [0.4, 0.5) is 0 Å². The van der Waals surface area contributed by atoms with Crippen molar-refractivity contribution < 1.29 is 4.74 Å². The third-order valence-electron chi connectivity index (χ3n) is 4.08. The Bertz CT molecular complexity index is 184. The van der Waals surface area contributed by atoms with Crippen molar-refractivity contribution in [1.82, 2.24) is 5.32 Å². The molecule has 1 N–H and O–H groups in total. The van der Waals surface area contributed by atoms with Gasteiger partial charge in [0.05, 0.1) is 6.10 Å². The molecular formula is C15H31NO. The lowest BCUT2D eigenvalue weighted by atomic mass is 9.93. The van der Waals surface area contributed by atoms with E-state index in [0.717, 1.165) is 12.5 Å². The summed E-state index contributed by atoms with van der Waals surface area (Å²) in [5.74, 6) is 0.729. The van der Waals surface area contributed by atoms with Crippen LogP contribution in [0.3, 0.4) is 0 Å². The Morgan fingerprint density at radius 2 is 1.88 bits per heavy atom. The predicted molar refractivity (Wildman–Crippen MR) is 74.4 cm³/mol. The zero-order valence-corrected chi connectivity index (χ0v) is 12.0. The van der Waals surface area contributed by atoms with Crippen LogP contribution < -0.4 is 5.32 Å². The summed E-state index contributed by atoms with van der Waals surface area (Å²) in [6, 6.07) is 0.568.